The van der Waals surface area contributed by atoms with E-state index in [-0.39, 0.29) is 38.5 Å². The molecule has 0 saturated heterocycles. The van der Waals surface area contributed by atoms with E-state index in [1.54, 1.807) is 12.1 Å². The van der Waals surface area contributed by atoms with Gasteiger partial charge in [0.25, 0.3) is 0 Å². The summed E-state index contributed by atoms with van der Waals surface area (Å²) in [6.07, 6.45) is 0. The molecule has 7 rings (SSSR count). The van der Waals surface area contributed by atoms with Crippen molar-refractivity contribution < 1.29 is 28.7 Å². The first-order valence-corrected chi connectivity index (χ1v) is 30.4. The molecule has 2 aliphatic carbocycles. The number of hydrogen-bond acceptors (Lipinski definition) is 6. The van der Waals surface area contributed by atoms with Crippen LogP contribution in [0.25, 0.3) is 22.3 Å². The van der Waals surface area contributed by atoms with Crippen molar-refractivity contribution in [3.63, 3.8) is 0 Å². The molecular formula is C68H88O6P2-4. The Balaban J connectivity index is 2.09. The topological polar surface area (TPSA) is 126 Å². The maximum Gasteiger partial charge on any atom is 0.0768 e. The average Bonchev–Trinajstić information content (AvgIpc) is 3.23. The van der Waals surface area contributed by atoms with Crippen LogP contribution in [0.4, 0.5) is 0 Å². The number of allylic oxidation sites excluding steroid dienone is 4. The zero-order valence-electron chi connectivity index (χ0n) is 50.6. The molecule has 5 aromatic carbocycles. The number of fused-ring (bicyclic) bond motifs is 3. The Morgan fingerprint density at radius 3 is 0.842 bits per heavy atom. The van der Waals surface area contributed by atoms with Gasteiger partial charge in [0.1, 0.15) is 0 Å². The first-order valence-electron chi connectivity index (χ1n) is 27.3. The van der Waals surface area contributed by atoms with Gasteiger partial charge < -0.3 is 28.7 Å². The van der Waals surface area contributed by atoms with Crippen molar-refractivity contribution in [2.75, 3.05) is 0 Å². The van der Waals surface area contributed by atoms with Crippen LogP contribution in [0, 0.1) is 0 Å². The lowest BCUT2D eigenvalue weighted by Crippen LogP contribution is -2.55. The summed E-state index contributed by atoms with van der Waals surface area (Å²) in [6, 6.07) is 32.5. The summed E-state index contributed by atoms with van der Waals surface area (Å²) in [5.74, 6) is 0. The molecule has 0 heterocycles. The van der Waals surface area contributed by atoms with Crippen molar-refractivity contribution >= 4 is 37.5 Å². The molecule has 8 heteroatoms. The van der Waals surface area contributed by atoms with Gasteiger partial charge >= 0.3 is 0 Å². The summed E-state index contributed by atoms with van der Waals surface area (Å²) in [7, 11) is -13.3. The van der Waals surface area contributed by atoms with E-state index in [9.17, 15) is 0 Å². The maximum absolute atomic E-state index is 15.6. The van der Waals surface area contributed by atoms with Gasteiger partial charge in [0, 0.05) is 0 Å². The summed E-state index contributed by atoms with van der Waals surface area (Å²) < 4.78 is 31.3. The zero-order chi connectivity index (χ0) is 57.7. The van der Waals surface area contributed by atoms with Crippen molar-refractivity contribution in [1.29, 1.82) is 0 Å². The van der Waals surface area contributed by atoms with Crippen LogP contribution < -0.4 is 19.6 Å². The molecule has 0 bridgehead atoms. The second-order valence-electron chi connectivity index (χ2n) is 30.5. The highest BCUT2D eigenvalue weighted by atomic mass is 31.2. The molecule has 0 atom stereocenters. The summed E-state index contributed by atoms with van der Waals surface area (Å²) in [5.41, 5.74) is 5.20. The normalized spacial score (nSPS) is 16.9. The van der Waals surface area contributed by atoms with Crippen LogP contribution in [0.1, 0.15) is 244 Å². The minimum atomic E-state index is -6.67. The minimum absolute atomic E-state index is 0.238. The van der Waals surface area contributed by atoms with Crippen molar-refractivity contribution in [3.8, 4) is 0 Å². The highest BCUT2D eigenvalue weighted by molar-refractivity contribution is 7.72. The Labute approximate surface area is 458 Å². The van der Waals surface area contributed by atoms with Crippen molar-refractivity contribution in [1.82, 2.24) is 0 Å². The Bertz CT molecular complexity index is 3210. The molecule has 5 aromatic rings. The predicted octanol–water partition coefficient (Wildman–Crippen LogP) is 15.4. The Morgan fingerprint density at radius 2 is 0.553 bits per heavy atom. The van der Waals surface area contributed by atoms with Crippen LogP contribution in [0.15, 0.2) is 97.1 Å². The molecule has 0 N–H and O–H groups in total. The standard InChI is InChI=1S/C68H92O6P2/c1-59(2,3)41-29-33-47(51(37-41)63(13,14)15)56-58(48-34-30-42(60(4,5)6)38-52(48)64(16,17)18)68(75(69,70)71,76(72,73)74)57-46-28-26-25-27-45(46)55(57)67(56,49-35-31-43(61(7,8)9)39-53(49)65(19,20)21)50-36-32-44(62(10,11)12)40-54(50)66(22,23)24/h25-40H,1-24H3,(H2,69,70,71)(H2,72,73,74)/p-4. The first-order chi connectivity index (χ1) is 34.1. The van der Waals surface area contributed by atoms with Crippen LogP contribution in [0.2, 0.25) is 0 Å². The van der Waals surface area contributed by atoms with Gasteiger partial charge in [-0.05, 0) is 159 Å². The molecule has 0 radical (unpaired) electrons. The molecule has 0 fully saturated rings. The van der Waals surface area contributed by atoms with E-state index >= 15 is 28.7 Å². The maximum atomic E-state index is 15.6. The van der Waals surface area contributed by atoms with Gasteiger partial charge in [-0.3, -0.25) is 0 Å². The Hall–Kier alpha value is -4.12. The van der Waals surface area contributed by atoms with Gasteiger partial charge in [0.2, 0.25) is 0 Å². The van der Waals surface area contributed by atoms with E-state index < -0.39 is 52.6 Å². The van der Waals surface area contributed by atoms with Crippen LogP contribution >= 0.6 is 15.2 Å². The fraction of sp³-hybridized carbons (Fsp3) is 0.500. The average molecular weight is 1060 g/mol. The van der Waals surface area contributed by atoms with E-state index in [4.69, 9.17) is 0 Å². The van der Waals surface area contributed by atoms with E-state index in [0.29, 0.717) is 27.8 Å². The van der Waals surface area contributed by atoms with Gasteiger partial charge in [0.15, 0.2) is 0 Å². The molecule has 410 valence electrons. The molecule has 0 saturated carbocycles. The van der Waals surface area contributed by atoms with Crippen LogP contribution in [-0.4, -0.2) is 4.90 Å². The van der Waals surface area contributed by atoms with Crippen LogP contribution in [-0.2, 0) is 57.9 Å². The predicted molar refractivity (Wildman–Crippen MR) is 314 cm³/mol. The van der Waals surface area contributed by atoms with E-state index in [0.717, 1.165) is 50.1 Å². The molecule has 2 aliphatic rings. The third kappa shape index (κ3) is 9.70. The van der Waals surface area contributed by atoms with Gasteiger partial charge in [0.05, 0.1) is 10.3 Å². The smallest absolute Gasteiger partial charge is 0.0768 e. The summed E-state index contributed by atoms with van der Waals surface area (Å²) in [4.78, 5) is 59.0. The van der Waals surface area contributed by atoms with Gasteiger partial charge in [-0.1, -0.05) is 263 Å². The largest absolute Gasteiger partial charge is 0.810 e. The first kappa shape index (κ1) is 59.5. The monoisotopic (exact) mass is 1060 g/mol. The molecule has 0 unspecified atom stereocenters. The zero-order valence-corrected chi connectivity index (χ0v) is 52.4. The third-order valence-electron chi connectivity index (χ3n) is 16.3. The van der Waals surface area contributed by atoms with Gasteiger partial charge in [-0.25, -0.2) is 0 Å². The Kier molecular flexibility index (Phi) is 14.3. The molecule has 6 nitrogen and oxygen atoms in total. The second kappa shape index (κ2) is 18.2. The third-order valence-corrected chi connectivity index (χ3v) is 20.3. The molecular weight excluding hydrogens is 975 g/mol. The van der Waals surface area contributed by atoms with Crippen LogP contribution in [0.5, 0.6) is 0 Å². The van der Waals surface area contributed by atoms with Gasteiger partial charge in [-0.15, -0.1) is 0 Å². The van der Waals surface area contributed by atoms with E-state index in [1.807, 2.05) is 57.2 Å². The Morgan fingerprint density at radius 1 is 0.303 bits per heavy atom. The quantitative estimate of drug-likeness (QED) is 0.156. The molecule has 0 spiro atoms. The fourth-order valence-electron chi connectivity index (χ4n) is 12.1. The van der Waals surface area contributed by atoms with Crippen LogP contribution in [0.3, 0.4) is 0 Å². The molecule has 0 aliphatic heterocycles. The fourth-order valence-corrected chi connectivity index (χ4v) is 15.4. The number of benzene rings is 5. The molecule has 0 amide bonds. The van der Waals surface area contributed by atoms with Crippen molar-refractivity contribution in [2.45, 2.75) is 220 Å². The highest BCUT2D eigenvalue weighted by Crippen LogP contribution is 2.82. The highest BCUT2D eigenvalue weighted by Gasteiger charge is 2.64. The SMILES string of the molecule is CC(C)(C)c1ccc(C2=C(c3ccc(C(C)(C)C)cc3C(C)(C)C)C(P(=O)([O-])[O-])(P(=O)([O-])[O-])C3=C(c4ccccc43)C2(c2ccc(C(C)(C)C)cc2C(C)(C)C)c2ccc(C(C)(C)C)cc2C(C)(C)C)c(C(C)(C)C)c1. The lowest BCUT2D eigenvalue weighted by atomic mass is 9.48. The lowest BCUT2D eigenvalue weighted by molar-refractivity contribution is -0.331. The minimum Gasteiger partial charge on any atom is -0.810 e. The number of hydrogen-bond donors (Lipinski definition) is 0. The van der Waals surface area contributed by atoms with Crippen molar-refractivity contribution in [3.05, 3.63) is 175 Å². The molecule has 0 aromatic heterocycles. The second-order valence-corrected chi connectivity index (χ2v) is 34.2. The lowest BCUT2D eigenvalue weighted by Gasteiger charge is -2.68. The number of rotatable bonds is 6. The van der Waals surface area contributed by atoms with E-state index in [1.165, 1.54) is 0 Å². The van der Waals surface area contributed by atoms with E-state index in [2.05, 4.69) is 194 Å². The van der Waals surface area contributed by atoms with Gasteiger partial charge in [-0.2, -0.15) is 0 Å². The van der Waals surface area contributed by atoms with Crippen molar-refractivity contribution in [2.24, 2.45) is 0 Å². The summed E-state index contributed by atoms with van der Waals surface area (Å²) in [5, 5.41) is 0. The summed E-state index contributed by atoms with van der Waals surface area (Å²) in [6.45, 7) is 51.5. The summed E-state index contributed by atoms with van der Waals surface area (Å²) >= 11 is 0. The molecule has 76 heavy (non-hydrogen) atoms.